The average molecular weight is 429 g/mol. The highest BCUT2D eigenvalue weighted by molar-refractivity contribution is 5.46. The molecule has 4 N–H and O–H groups in total. The summed E-state index contributed by atoms with van der Waals surface area (Å²) in [4.78, 5) is 0. The first-order valence-corrected chi connectivity index (χ1v) is 11.1. The maximum absolute atomic E-state index is 10.4. The number of rotatable bonds is 12. The van der Waals surface area contributed by atoms with Crippen LogP contribution in [0.15, 0.2) is 58.7 Å². The standard InChI is InChI=1S/C27H40O4/c1-19(9-7-11-22(4)18-28)8-6-10-20(2)14-25(29)15-21(3)12-13-24-17-26(30)16-23(5)27(24)31/h8,11-12,14,16-17,25,28-31H,6-7,9-10,13,15,18H2,1-5H3/b19-8+,20-14+,21-12+,22-11+. The van der Waals surface area contributed by atoms with Crippen molar-refractivity contribution in [2.45, 2.75) is 79.2 Å². The van der Waals surface area contributed by atoms with Crippen molar-refractivity contribution in [3.63, 3.8) is 0 Å². The summed E-state index contributed by atoms with van der Waals surface area (Å²) < 4.78 is 0. The Bertz CT molecular complexity index is 828. The van der Waals surface area contributed by atoms with E-state index in [0.29, 0.717) is 24.0 Å². The molecular weight excluding hydrogens is 388 g/mol. The van der Waals surface area contributed by atoms with Gasteiger partial charge in [-0.1, -0.05) is 46.6 Å². The lowest BCUT2D eigenvalue weighted by atomic mass is 10.0. The molecule has 0 aliphatic heterocycles. The SMILES string of the molecule is C/C(=C\CC/C(C)=C/CC/C(C)=C/C(O)C/C(C)=C/Cc1cc(O)cc(C)c1O)CO. The number of hydrogen-bond acceptors (Lipinski definition) is 4. The number of aryl methyl sites for hydroxylation is 1. The summed E-state index contributed by atoms with van der Waals surface area (Å²) in [6, 6.07) is 3.12. The molecule has 0 amide bonds. The maximum atomic E-state index is 10.4. The lowest BCUT2D eigenvalue weighted by molar-refractivity contribution is 0.222. The van der Waals surface area contributed by atoms with Crippen LogP contribution in [-0.4, -0.2) is 33.1 Å². The zero-order valence-electron chi connectivity index (χ0n) is 19.8. The molecule has 1 aromatic rings. The van der Waals surface area contributed by atoms with Crippen LogP contribution >= 0.6 is 0 Å². The van der Waals surface area contributed by atoms with Gasteiger partial charge in [-0.2, -0.15) is 0 Å². The second-order valence-electron chi connectivity index (χ2n) is 8.65. The van der Waals surface area contributed by atoms with Crippen LogP contribution in [-0.2, 0) is 6.42 Å². The Balaban J connectivity index is 2.49. The molecular formula is C27H40O4. The molecule has 0 aliphatic rings. The van der Waals surface area contributed by atoms with E-state index in [1.54, 1.807) is 19.1 Å². The fourth-order valence-corrected chi connectivity index (χ4v) is 3.41. The summed E-state index contributed by atoms with van der Waals surface area (Å²) in [5, 5.41) is 39.2. The summed E-state index contributed by atoms with van der Waals surface area (Å²) in [6.07, 6.45) is 12.6. The van der Waals surface area contributed by atoms with Crippen LogP contribution in [0.5, 0.6) is 11.5 Å². The fourth-order valence-electron chi connectivity index (χ4n) is 3.41. The number of allylic oxidation sites excluding steroid dienone is 5. The Hall–Kier alpha value is -2.30. The highest BCUT2D eigenvalue weighted by Crippen LogP contribution is 2.28. The molecule has 0 saturated carbocycles. The van der Waals surface area contributed by atoms with Crippen LogP contribution in [0, 0.1) is 6.92 Å². The maximum Gasteiger partial charge on any atom is 0.122 e. The first-order chi connectivity index (χ1) is 14.6. The normalized spacial score (nSPS) is 14.8. The van der Waals surface area contributed by atoms with Crippen LogP contribution in [0.3, 0.4) is 0 Å². The molecule has 0 radical (unpaired) electrons. The topological polar surface area (TPSA) is 80.9 Å². The van der Waals surface area contributed by atoms with Crippen molar-refractivity contribution in [1.29, 1.82) is 0 Å². The highest BCUT2D eigenvalue weighted by Gasteiger charge is 2.07. The minimum Gasteiger partial charge on any atom is -0.508 e. The number of phenols is 2. The third-order valence-corrected chi connectivity index (χ3v) is 5.35. The summed E-state index contributed by atoms with van der Waals surface area (Å²) in [5.41, 5.74) is 5.90. The van der Waals surface area contributed by atoms with Crippen molar-refractivity contribution >= 4 is 0 Å². The number of aliphatic hydroxyl groups is 2. The molecule has 0 fully saturated rings. The monoisotopic (exact) mass is 428 g/mol. The highest BCUT2D eigenvalue weighted by atomic mass is 16.3. The van der Waals surface area contributed by atoms with Gasteiger partial charge in [-0.15, -0.1) is 0 Å². The summed E-state index contributed by atoms with van der Waals surface area (Å²) in [6.45, 7) is 9.98. The largest absolute Gasteiger partial charge is 0.508 e. The third kappa shape index (κ3) is 11.0. The number of phenolic OH excluding ortho intramolecular Hbond substituents is 2. The van der Waals surface area contributed by atoms with Gasteiger partial charge in [-0.25, -0.2) is 0 Å². The van der Waals surface area contributed by atoms with E-state index >= 15 is 0 Å². The Morgan fingerprint density at radius 2 is 1.48 bits per heavy atom. The van der Waals surface area contributed by atoms with Gasteiger partial charge >= 0.3 is 0 Å². The van der Waals surface area contributed by atoms with E-state index in [4.69, 9.17) is 5.11 Å². The van der Waals surface area contributed by atoms with Gasteiger partial charge in [0.15, 0.2) is 0 Å². The Labute approximate surface area is 188 Å². The van der Waals surface area contributed by atoms with Gasteiger partial charge in [0.25, 0.3) is 0 Å². The molecule has 1 atom stereocenters. The Morgan fingerprint density at radius 1 is 0.871 bits per heavy atom. The van der Waals surface area contributed by atoms with Crippen molar-refractivity contribution < 1.29 is 20.4 Å². The minimum atomic E-state index is -0.535. The first kappa shape index (κ1) is 26.7. The van der Waals surface area contributed by atoms with Gasteiger partial charge < -0.3 is 20.4 Å². The molecule has 4 nitrogen and oxygen atoms in total. The molecule has 1 aromatic carbocycles. The van der Waals surface area contributed by atoms with Gasteiger partial charge in [0.2, 0.25) is 0 Å². The Kier molecular flexibility index (Phi) is 12.0. The van der Waals surface area contributed by atoms with Crippen molar-refractivity contribution in [3.8, 4) is 11.5 Å². The van der Waals surface area contributed by atoms with Gasteiger partial charge in [0.05, 0.1) is 12.7 Å². The quantitative estimate of drug-likeness (QED) is 0.242. The van der Waals surface area contributed by atoms with E-state index in [9.17, 15) is 15.3 Å². The number of aliphatic hydroxyl groups excluding tert-OH is 2. The zero-order chi connectivity index (χ0) is 23.4. The van der Waals surface area contributed by atoms with Crippen LogP contribution in [0.4, 0.5) is 0 Å². The lowest BCUT2D eigenvalue weighted by Gasteiger charge is -2.10. The van der Waals surface area contributed by atoms with E-state index in [1.807, 2.05) is 32.9 Å². The van der Waals surface area contributed by atoms with E-state index < -0.39 is 6.10 Å². The van der Waals surface area contributed by atoms with Gasteiger partial charge in [-0.05, 0) is 90.8 Å². The second kappa shape index (κ2) is 13.9. The zero-order valence-corrected chi connectivity index (χ0v) is 19.8. The van der Waals surface area contributed by atoms with Gasteiger partial charge in [-0.3, -0.25) is 0 Å². The molecule has 0 spiro atoms. The number of hydrogen-bond donors (Lipinski definition) is 4. The first-order valence-electron chi connectivity index (χ1n) is 11.1. The van der Waals surface area contributed by atoms with Crippen LogP contribution in [0.1, 0.15) is 70.9 Å². The van der Waals surface area contributed by atoms with Crippen molar-refractivity contribution in [3.05, 3.63) is 69.9 Å². The molecule has 1 rings (SSSR count). The Morgan fingerprint density at radius 3 is 2.13 bits per heavy atom. The van der Waals surface area contributed by atoms with E-state index in [2.05, 4.69) is 19.1 Å². The smallest absolute Gasteiger partial charge is 0.122 e. The van der Waals surface area contributed by atoms with Crippen LogP contribution in [0.25, 0.3) is 0 Å². The fraction of sp³-hybridized carbons (Fsp3) is 0.481. The molecule has 0 heterocycles. The molecule has 1 unspecified atom stereocenters. The van der Waals surface area contributed by atoms with Crippen LogP contribution in [0.2, 0.25) is 0 Å². The molecule has 0 bridgehead atoms. The predicted molar refractivity (Wildman–Crippen MR) is 129 cm³/mol. The number of benzene rings is 1. The van der Waals surface area contributed by atoms with E-state index in [1.165, 1.54) is 11.1 Å². The summed E-state index contributed by atoms with van der Waals surface area (Å²) in [5.74, 6) is 0.358. The summed E-state index contributed by atoms with van der Waals surface area (Å²) >= 11 is 0. The lowest BCUT2D eigenvalue weighted by Crippen LogP contribution is -2.04. The van der Waals surface area contributed by atoms with Crippen molar-refractivity contribution in [2.24, 2.45) is 0 Å². The predicted octanol–water partition coefficient (Wildman–Crippen LogP) is 6.04. The average Bonchev–Trinajstić information content (AvgIpc) is 2.69. The van der Waals surface area contributed by atoms with Gasteiger partial charge in [0, 0.05) is 5.56 Å². The second-order valence-corrected chi connectivity index (χ2v) is 8.65. The van der Waals surface area contributed by atoms with E-state index in [0.717, 1.165) is 36.8 Å². The molecule has 31 heavy (non-hydrogen) atoms. The number of aromatic hydroxyl groups is 2. The third-order valence-electron chi connectivity index (χ3n) is 5.35. The van der Waals surface area contributed by atoms with Crippen LogP contribution < -0.4 is 0 Å². The van der Waals surface area contributed by atoms with E-state index in [-0.39, 0.29) is 18.1 Å². The molecule has 0 aromatic heterocycles. The molecule has 0 saturated heterocycles. The minimum absolute atomic E-state index is 0.127. The van der Waals surface area contributed by atoms with Gasteiger partial charge in [0.1, 0.15) is 11.5 Å². The molecule has 0 aliphatic carbocycles. The molecule has 4 heteroatoms. The van der Waals surface area contributed by atoms with Crippen molar-refractivity contribution in [1.82, 2.24) is 0 Å². The molecule has 172 valence electrons. The van der Waals surface area contributed by atoms with Crippen molar-refractivity contribution in [2.75, 3.05) is 6.61 Å². The summed E-state index contributed by atoms with van der Waals surface area (Å²) in [7, 11) is 0.